The number of amides is 1. The lowest BCUT2D eigenvalue weighted by Gasteiger charge is -2.07. The number of aryl methyl sites for hydroxylation is 1. The van der Waals surface area contributed by atoms with Crippen molar-refractivity contribution in [3.05, 3.63) is 76.4 Å². The zero-order chi connectivity index (χ0) is 16.2. The van der Waals surface area contributed by atoms with Crippen LogP contribution in [-0.4, -0.2) is 16.1 Å². The number of H-pyrrole nitrogens is 1. The van der Waals surface area contributed by atoms with Gasteiger partial charge < -0.3 is 5.32 Å². The fourth-order valence-corrected chi connectivity index (χ4v) is 2.51. The van der Waals surface area contributed by atoms with Crippen LogP contribution in [-0.2, 0) is 6.54 Å². The smallest absolute Gasteiger partial charge is 0.255 e. The third-order valence-corrected chi connectivity index (χ3v) is 3.99. The van der Waals surface area contributed by atoms with Gasteiger partial charge in [0.25, 0.3) is 5.91 Å². The second-order valence-electron chi connectivity index (χ2n) is 5.30. The first-order valence-electron chi connectivity index (χ1n) is 7.27. The molecular formula is C18H16ClN3O. The fourth-order valence-electron chi connectivity index (χ4n) is 2.31. The van der Waals surface area contributed by atoms with E-state index < -0.39 is 0 Å². The van der Waals surface area contributed by atoms with Gasteiger partial charge in [-0.05, 0) is 18.6 Å². The second-order valence-corrected chi connectivity index (χ2v) is 5.71. The Kier molecular flexibility index (Phi) is 4.44. The molecule has 0 aliphatic heterocycles. The predicted octanol–water partition coefficient (Wildman–Crippen LogP) is 3.97. The summed E-state index contributed by atoms with van der Waals surface area (Å²) in [6.07, 6.45) is 1.54. The van der Waals surface area contributed by atoms with Gasteiger partial charge in [0, 0.05) is 17.1 Å². The molecule has 0 spiro atoms. The molecule has 1 amide bonds. The van der Waals surface area contributed by atoms with Crippen LogP contribution in [0, 0.1) is 6.92 Å². The Morgan fingerprint density at radius 1 is 1.17 bits per heavy atom. The molecule has 0 aliphatic rings. The molecule has 0 atom stereocenters. The van der Waals surface area contributed by atoms with Gasteiger partial charge in [-0.3, -0.25) is 9.89 Å². The third-order valence-electron chi connectivity index (χ3n) is 3.62. The van der Waals surface area contributed by atoms with E-state index >= 15 is 0 Å². The van der Waals surface area contributed by atoms with Gasteiger partial charge in [0.1, 0.15) is 0 Å². The zero-order valence-electron chi connectivity index (χ0n) is 12.6. The molecular weight excluding hydrogens is 310 g/mol. The van der Waals surface area contributed by atoms with E-state index in [0.29, 0.717) is 22.8 Å². The van der Waals surface area contributed by atoms with E-state index in [1.807, 2.05) is 49.4 Å². The minimum atomic E-state index is -0.186. The van der Waals surface area contributed by atoms with Gasteiger partial charge >= 0.3 is 0 Å². The van der Waals surface area contributed by atoms with Crippen molar-refractivity contribution in [2.75, 3.05) is 0 Å². The van der Waals surface area contributed by atoms with Gasteiger partial charge in [0.2, 0.25) is 0 Å². The number of hydrogen-bond acceptors (Lipinski definition) is 2. The molecule has 4 nitrogen and oxygen atoms in total. The average Bonchev–Trinajstić information content (AvgIpc) is 3.04. The van der Waals surface area contributed by atoms with E-state index in [1.54, 1.807) is 6.07 Å². The lowest BCUT2D eigenvalue weighted by Crippen LogP contribution is -2.23. The zero-order valence-corrected chi connectivity index (χ0v) is 13.4. The number of carbonyl (C=O) groups is 1. The first-order chi connectivity index (χ1) is 11.1. The van der Waals surface area contributed by atoms with Crippen LogP contribution < -0.4 is 5.32 Å². The third kappa shape index (κ3) is 3.43. The van der Waals surface area contributed by atoms with Crippen LogP contribution in [0.2, 0.25) is 5.02 Å². The number of benzene rings is 2. The summed E-state index contributed by atoms with van der Waals surface area (Å²) < 4.78 is 0. The van der Waals surface area contributed by atoms with Crippen LogP contribution >= 0.6 is 11.6 Å². The molecule has 0 radical (unpaired) electrons. The van der Waals surface area contributed by atoms with Gasteiger partial charge in [-0.15, -0.1) is 0 Å². The Morgan fingerprint density at radius 3 is 2.65 bits per heavy atom. The monoisotopic (exact) mass is 325 g/mol. The average molecular weight is 326 g/mol. The molecule has 2 aromatic carbocycles. The van der Waals surface area contributed by atoms with E-state index in [4.69, 9.17) is 11.6 Å². The molecule has 1 heterocycles. The molecule has 0 saturated carbocycles. The van der Waals surface area contributed by atoms with Gasteiger partial charge in [0.05, 0.1) is 17.5 Å². The van der Waals surface area contributed by atoms with Crippen LogP contribution in [0.1, 0.15) is 21.5 Å². The highest BCUT2D eigenvalue weighted by Crippen LogP contribution is 2.22. The summed E-state index contributed by atoms with van der Waals surface area (Å²) in [4.78, 5) is 12.4. The first kappa shape index (κ1) is 15.3. The number of nitrogens with zero attached hydrogens (tertiary/aromatic N) is 1. The lowest BCUT2D eigenvalue weighted by atomic mass is 10.1. The summed E-state index contributed by atoms with van der Waals surface area (Å²) in [5.74, 6) is -0.186. The van der Waals surface area contributed by atoms with Gasteiger partial charge in [0.15, 0.2) is 0 Å². The maximum atomic E-state index is 12.4. The van der Waals surface area contributed by atoms with Gasteiger partial charge in [-0.2, -0.15) is 5.10 Å². The van der Waals surface area contributed by atoms with Crippen molar-refractivity contribution < 1.29 is 4.79 Å². The number of nitrogens with one attached hydrogen (secondary N) is 2. The number of hydrogen-bond donors (Lipinski definition) is 2. The van der Waals surface area contributed by atoms with Crippen molar-refractivity contribution >= 4 is 17.5 Å². The molecule has 116 valence electrons. The van der Waals surface area contributed by atoms with Gasteiger partial charge in [-0.25, -0.2) is 0 Å². The lowest BCUT2D eigenvalue weighted by molar-refractivity contribution is 0.0951. The summed E-state index contributed by atoms with van der Waals surface area (Å²) in [5, 5.41) is 10.4. The van der Waals surface area contributed by atoms with Crippen molar-refractivity contribution in [2.45, 2.75) is 13.5 Å². The number of halogens is 1. The molecule has 5 heteroatoms. The van der Waals surface area contributed by atoms with E-state index in [-0.39, 0.29) is 5.91 Å². The Hall–Kier alpha value is -2.59. The van der Waals surface area contributed by atoms with E-state index in [0.717, 1.165) is 16.7 Å². The Balaban J connectivity index is 1.77. The summed E-state index contributed by atoms with van der Waals surface area (Å²) in [5.41, 5.74) is 4.19. The van der Waals surface area contributed by atoms with Crippen LogP contribution in [0.3, 0.4) is 0 Å². The van der Waals surface area contributed by atoms with Crippen molar-refractivity contribution in [2.24, 2.45) is 0 Å². The number of rotatable bonds is 4. The predicted molar refractivity (Wildman–Crippen MR) is 91.4 cm³/mol. The van der Waals surface area contributed by atoms with E-state index in [1.165, 1.54) is 6.20 Å². The van der Waals surface area contributed by atoms with Crippen LogP contribution in [0.15, 0.2) is 54.7 Å². The summed E-state index contributed by atoms with van der Waals surface area (Å²) >= 11 is 6.10. The minimum Gasteiger partial charge on any atom is -0.348 e. The molecule has 0 bridgehead atoms. The van der Waals surface area contributed by atoms with Crippen molar-refractivity contribution in [1.29, 1.82) is 0 Å². The highest BCUT2D eigenvalue weighted by atomic mass is 35.5. The first-order valence-corrected chi connectivity index (χ1v) is 7.65. The topological polar surface area (TPSA) is 57.8 Å². The summed E-state index contributed by atoms with van der Waals surface area (Å²) in [6.45, 7) is 2.39. The molecule has 0 aliphatic carbocycles. The highest BCUT2D eigenvalue weighted by molar-refractivity contribution is 6.31. The van der Waals surface area contributed by atoms with Gasteiger partial charge in [-0.1, -0.05) is 59.6 Å². The normalized spacial score (nSPS) is 10.5. The molecule has 1 aromatic heterocycles. The van der Waals surface area contributed by atoms with Crippen LogP contribution in [0.25, 0.3) is 11.3 Å². The Morgan fingerprint density at radius 2 is 1.91 bits per heavy atom. The van der Waals surface area contributed by atoms with Crippen molar-refractivity contribution in [1.82, 2.24) is 15.5 Å². The Bertz CT molecular complexity index is 824. The quantitative estimate of drug-likeness (QED) is 0.762. The Labute approximate surface area is 139 Å². The maximum absolute atomic E-state index is 12.4. The van der Waals surface area contributed by atoms with E-state index in [2.05, 4.69) is 15.5 Å². The second kappa shape index (κ2) is 6.67. The highest BCUT2D eigenvalue weighted by Gasteiger charge is 2.15. The molecule has 3 aromatic rings. The van der Waals surface area contributed by atoms with Crippen LogP contribution in [0.5, 0.6) is 0 Å². The molecule has 2 N–H and O–H groups in total. The molecule has 3 rings (SSSR count). The van der Waals surface area contributed by atoms with Crippen molar-refractivity contribution in [3.63, 3.8) is 0 Å². The van der Waals surface area contributed by atoms with Crippen molar-refractivity contribution in [3.8, 4) is 11.3 Å². The maximum Gasteiger partial charge on any atom is 0.255 e. The molecule has 0 unspecified atom stereocenters. The number of aromatic nitrogens is 2. The molecule has 23 heavy (non-hydrogen) atoms. The summed E-state index contributed by atoms with van der Waals surface area (Å²) in [6, 6.07) is 15.4. The minimum absolute atomic E-state index is 0.186. The largest absolute Gasteiger partial charge is 0.348 e. The standard InChI is InChI=1S/C18H16ClN3O/c1-12-6-8-13(9-7-12)17-15(11-21-22-17)18(23)20-10-14-4-2-3-5-16(14)19/h2-9,11H,10H2,1H3,(H,20,23)(H,21,22). The van der Waals surface area contributed by atoms with E-state index in [9.17, 15) is 4.79 Å². The fraction of sp³-hybridized carbons (Fsp3) is 0.111. The van der Waals surface area contributed by atoms with Crippen LogP contribution in [0.4, 0.5) is 0 Å². The number of carbonyl (C=O) groups excluding carboxylic acids is 1. The summed E-state index contributed by atoms with van der Waals surface area (Å²) in [7, 11) is 0. The molecule has 0 saturated heterocycles. The SMILES string of the molecule is Cc1ccc(-c2[nH]ncc2C(=O)NCc2ccccc2Cl)cc1. The number of aromatic amines is 1. The molecule has 0 fully saturated rings.